The van der Waals surface area contributed by atoms with Gasteiger partial charge >= 0.3 is 8.05 Å². The van der Waals surface area contributed by atoms with E-state index in [1.165, 1.54) is 24.8 Å². The zero-order valence-corrected chi connectivity index (χ0v) is 16.3. The Morgan fingerprint density at radius 2 is 1.96 bits per heavy atom. The number of rotatable bonds is 10. The SMILES string of the molecule is [B]OC(=O)C(CCCC)CCCN1CCCCC1c1ccc(OC)cc1. The Morgan fingerprint density at radius 1 is 1.23 bits per heavy atom. The average Bonchev–Trinajstić information content (AvgIpc) is 2.70. The fraction of sp³-hybridized carbons (Fsp3) is 0.667. The molecular weight excluding hydrogens is 325 g/mol. The van der Waals surface area contributed by atoms with Gasteiger partial charge in [0.05, 0.1) is 13.0 Å². The number of carbonyl (C=O) groups is 1. The molecule has 2 radical (unpaired) electrons. The summed E-state index contributed by atoms with van der Waals surface area (Å²) in [6.45, 7) is 4.27. The van der Waals surface area contributed by atoms with Gasteiger partial charge in [-0.2, -0.15) is 0 Å². The average molecular weight is 357 g/mol. The first kappa shape index (κ1) is 20.8. The van der Waals surface area contributed by atoms with E-state index < -0.39 is 0 Å². The molecule has 142 valence electrons. The molecule has 0 spiro atoms. The summed E-state index contributed by atoms with van der Waals surface area (Å²) in [7, 11) is 6.81. The number of unbranched alkanes of at least 4 members (excludes halogenated alkanes) is 1. The van der Waals surface area contributed by atoms with Crippen molar-refractivity contribution < 1.29 is 14.2 Å². The topological polar surface area (TPSA) is 38.8 Å². The van der Waals surface area contributed by atoms with Crippen molar-refractivity contribution >= 4 is 14.0 Å². The maximum absolute atomic E-state index is 11.9. The molecule has 2 atom stereocenters. The van der Waals surface area contributed by atoms with Crippen molar-refractivity contribution in [3.63, 3.8) is 0 Å². The van der Waals surface area contributed by atoms with E-state index >= 15 is 0 Å². The van der Waals surface area contributed by atoms with Crippen LogP contribution in [0, 0.1) is 5.92 Å². The number of nitrogens with zero attached hydrogens (tertiary/aromatic N) is 1. The molecule has 26 heavy (non-hydrogen) atoms. The van der Waals surface area contributed by atoms with Crippen LogP contribution in [0.3, 0.4) is 0 Å². The molecule has 0 aromatic heterocycles. The van der Waals surface area contributed by atoms with Crippen molar-refractivity contribution in [2.24, 2.45) is 5.92 Å². The number of methoxy groups -OCH3 is 1. The van der Waals surface area contributed by atoms with Crippen LogP contribution in [-0.2, 0) is 9.45 Å². The smallest absolute Gasteiger partial charge is 0.378 e. The molecule has 4 nitrogen and oxygen atoms in total. The molecule has 1 aromatic rings. The molecule has 2 rings (SSSR count). The standard InChI is InChI=1S/C21H32BNO3/c1-3-4-8-18(21(24)26-22)9-7-16-23-15-6-5-10-20(23)17-11-13-19(25-2)14-12-17/h11-14,18,20H,3-10,15-16H2,1-2H3. The number of benzene rings is 1. The molecule has 1 aliphatic heterocycles. The van der Waals surface area contributed by atoms with Gasteiger partial charge in [0, 0.05) is 6.04 Å². The second-order valence-corrected chi connectivity index (χ2v) is 7.24. The molecule has 0 amide bonds. The van der Waals surface area contributed by atoms with Crippen LogP contribution in [-0.4, -0.2) is 39.1 Å². The minimum absolute atomic E-state index is 0.0656. The highest BCUT2D eigenvalue weighted by atomic mass is 16.5. The number of likely N-dealkylation sites (tertiary alicyclic amines) is 1. The van der Waals surface area contributed by atoms with E-state index in [2.05, 4.69) is 28.6 Å². The van der Waals surface area contributed by atoms with Gasteiger partial charge < -0.3 is 9.39 Å². The lowest BCUT2D eigenvalue weighted by Gasteiger charge is -2.36. The van der Waals surface area contributed by atoms with Crippen LogP contribution >= 0.6 is 0 Å². The van der Waals surface area contributed by atoms with E-state index in [0.29, 0.717) is 6.04 Å². The van der Waals surface area contributed by atoms with Crippen LogP contribution in [0.2, 0.25) is 0 Å². The molecule has 0 aliphatic carbocycles. The number of hydrogen-bond donors (Lipinski definition) is 0. The number of carbonyl (C=O) groups excluding carboxylic acids is 1. The van der Waals surface area contributed by atoms with Crippen molar-refractivity contribution in [1.29, 1.82) is 0 Å². The van der Waals surface area contributed by atoms with Crippen molar-refractivity contribution in [3.8, 4) is 5.75 Å². The molecule has 1 aromatic carbocycles. The quantitative estimate of drug-likeness (QED) is 0.581. The molecule has 0 saturated carbocycles. The Hall–Kier alpha value is -1.49. The Kier molecular flexibility index (Phi) is 9.03. The van der Waals surface area contributed by atoms with Crippen LogP contribution in [0.1, 0.15) is 69.9 Å². The monoisotopic (exact) mass is 357 g/mol. The summed E-state index contributed by atoms with van der Waals surface area (Å²) in [5, 5.41) is 0. The van der Waals surface area contributed by atoms with Gasteiger partial charge in [0.1, 0.15) is 5.75 Å². The van der Waals surface area contributed by atoms with E-state index in [9.17, 15) is 4.79 Å². The zero-order chi connectivity index (χ0) is 18.8. The van der Waals surface area contributed by atoms with E-state index in [0.717, 1.165) is 50.9 Å². The van der Waals surface area contributed by atoms with Gasteiger partial charge in [-0.1, -0.05) is 38.3 Å². The van der Waals surface area contributed by atoms with Gasteiger partial charge in [0.2, 0.25) is 0 Å². The Morgan fingerprint density at radius 3 is 2.62 bits per heavy atom. The molecule has 1 aliphatic rings. The van der Waals surface area contributed by atoms with Crippen LogP contribution < -0.4 is 4.74 Å². The number of ether oxygens (including phenoxy) is 1. The van der Waals surface area contributed by atoms with Crippen LogP contribution in [0.5, 0.6) is 5.75 Å². The predicted molar refractivity (Wildman–Crippen MR) is 105 cm³/mol. The molecule has 0 N–H and O–H groups in total. The van der Waals surface area contributed by atoms with Gasteiger partial charge in [-0.05, 0) is 62.9 Å². The zero-order valence-electron chi connectivity index (χ0n) is 16.3. The lowest BCUT2D eigenvalue weighted by atomic mass is 9.93. The first-order valence-corrected chi connectivity index (χ1v) is 9.98. The molecule has 1 saturated heterocycles. The first-order chi connectivity index (χ1) is 12.7. The molecule has 5 heteroatoms. The maximum Gasteiger partial charge on any atom is 0.378 e. The largest absolute Gasteiger partial charge is 0.543 e. The Bertz CT molecular complexity index is 535. The van der Waals surface area contributed by atoms with Crippen molar-refractivity contribution in [2.75, 3.05) is 20.2 Å². The van der Waals surface area contributed by atoms with Crippen LogP contribution in [0.15, 0.2) is 24.3 Å². The molecular formula is C21H32BNO3. The third kappa shape index (κ3) is 6.05. The highest BCUT2D eigenvalue weighted by Gasteiger charge is 2.24. The van der Waals surface area contributed by atoms with Gasteiger partial charge in [-0.25, -0.2) is 0 Å². The minimum atomic E-state index is -0.260. The van der Waals surface area contributed by atoms with Crippen molar-refractivity contribution in [3.05, 3.63) is 29.8 Å². The van der Waals surface area contributed by atoms with Gasteiger partial charge in [0.15, 0.2) is 0 Å². The number of piperidine rings is 1. The molecule has 1 fully saturated rings. The molecule has 0 bridgehead atoms. The van der Waals surface area contributed by atoms with Crippen molar-refractivity contribution in [2.45, 2.75) is 64.3 Å². The summed E-state index contributed by atoms with van der Waals surface area (Å²) < 4.78 is 9.77. The van der Waals surface area contributed by atoms with Crippen LogP contribution in [0.25, 0.3) is 0 Å². The third-order valence-corrected chi connectivity index (χ3v) is 5.47. The fourth-order valence-corrected chi connectivity index (χ4v) is 3.93. The number of hydrogen-bond acceptors (Lipinski definition) is 4. The summed E-state index contributed by atoms with van der Waals surface area (Å²) in [4.78, 5) is 14.4. The lowest BCUT2D eigenvalue weighted by Crippen LogP contribution is -2.34. The fourth-order valence-electron chi connectivity index (χ4n) is 3.93. The molecule has 1 heterocycles. The van der Waals surface area contributed by atoms with E-state index in [-0.39, 0.29) is 11.9 Å². The van der Waals surface area contributed by atoms with E-state index in [1.54, 1.807) is 7.11 Å². The van der Waals surface area contributed by atoms with E-state index in [1.807, 2.05) is 12.1 Å². The second kappa shape index (κ2) is 11.3. The summed E-state index contributed by atoms with van der Waals surface area (Å²) in [5.41, 5.74) is 1.36. The lowest BCUT2D eigenvalue weighted by molar-refractivity contribution is -0.139. The minimum Gasteiger partial charge on any atom is -0.543 e. The summed E-state index contributed by atoms with van der Waals surface area (Å²) in [6, 6.07) is 8.90. The summed E-state index contributed by atoms with van der Waals surface area (Å²) in [6.07, 6.45) is 8.55. The highest BCUT2D eigenvalue weighted by molar-refractivity contribution is 6.05. The maximum atomic E-state index is 11.9. The second-order valence-electron chi connectivity index (χ2n) is 7.24. The van der Waals surface area contributed by atoms with E-state index in [4.69, 9.17) is 12.8 Å². The highest BCUT2D eigenvalue weighted by Crippen LogP contribution is 2.32. The van der Waals surface area contributed by atoms with Gasteiger partial charge in [-0.3, -0.25) is 9.69 Å². The summed E-state index contributed by atoms with van der Waals surface area (Å²) >= 11 is 0. The van der Waals surface area contributed by atoms with Crippen molar-refractivity contribution in [1.82, 2.24) is 4.90 Å². The van der Waals surface area contributed by atoms with Gasteiger partial charge in [-0.15, -0.1) is 0 Å². The van der Waals surface area contributed by atoms with Crippen LogP contribution in [0.4, 0.5) is 0 Å². The predicted octanol–water partition coefficient (Wildman–Crippen LogP) is 4.44. The summed E-state index contributed by atoms with van der Waals surface area (Å²) in [5.74, 6) is 0.572. The van der Waals surface area contributed by atoms with Gasteiger partial charge in [0.25, 0.3) is 5.97 Å². The first-order valence-electron chi connectivity index (χ1n) is 9.98. The third-order valence-electron chi connectivity index (χ3n) is 5.47. The Labute approximate surface area is 159 Å². The molecule has 2 unspecified atom stereocenters. The Balaban J connectivity index is 1.91. The normalized spacial score (nSPS) is 19.1.